The molecule has 0 unspecified atom stereocenters. The number of halogens is 2. The molecule has 2 N–H and O–H groups in total. The summed E-state index contributed by atoms with van der Waals surface area (Å²) >= 11 is 9.17. The van der Waals surface area contributed by atoms with Crippen molar-refractivity contribution in [2.45, 2.75) is 36.6 Å². The molecular formula is C19H20BrClN2O3S. The van der Waals surface area contributed by atoms with Crippen molar-refractivity contribution in [3.8, 4) is 0 Å². The molecule has 0 aromatic heterocycles. The van der Waals surface area contributed by atoms with Crippen LogP contribution in [0.4, 0.5) is 5.69 Å². The molecule has 1 amide bonds. The summed E-state index contributed by atoms with van der Waals surface area (Å²) in [6, 6.07) is 12.9. The van der Waals surface area contributed by atoms with E-state index in [1.807, 2.05) is 0 Å². The fourth-order valence-electron chi connectivity index (χ4n) is 3.24. The SMILES string of the molecule is O=C(Nc1ccc(Cl)cc1)[C@@H]1CCCC[C@H]1NS(=O)(=O)c1ccc(Br)cc1. The lowest BCUT2D eigenvalue weighted by Gasteiger charge is -2.31. The first kappa shape index (κ1) is 20.3. The molecule has 1 fully saturated rings. The lowest BCUT2D eigenvalue weighted by molar-refractivity contribution is -0.121. The molecule has 0 bridgehead atoms. The number of hydrogen-bond acceptors (Lipinski definition) is 3. The fraction of sp³-hybridized carbons (Fsp3) is 0.316. The molecule has 1 aliphatic carbocycles. The van der Waals surface area contributed by atoms with Crippen molar-refractivity contribution >= 4 is 49.1 Å². The second-order valence-corrected chi connectivity index (χ2v) is 9.63. The number of nitrogens with one attached hydrogen (secondary N) is 2. The Labute approximate surface area is 172 Å². The van der Waals surface area contributed by atoms with Gasteiger partial charge in [0.15, 0.2) is 0 Å². The lowest BCUT2D eigenvalue weighted by Crippen LogP contribution is -2.46. The molecule has 0 aliphatic heterocycles. The minimum Gasteiger partial charge on any atom is -0.326 e. The quantitative estimate of drug-likeness (QED) is 0.670. The highest BCUT2D eigenvalue weighted by atomic mass is 79.9. The van der Waals surface area contributed by atoms with Crippen LogP contribution in [0.25, 0.3) is 0 Å². The number of anilines is 1. The van der Waals surface area contributed by atoms with Gasteiger partial charge in [0.1, 0.15) is 0 Å². The van der Waals surface area contributed by atoms with Gasteiger partial charge in [0.05, 0.1) is 10.8 Å². The molecule has 0 heterocycles. The van der Waals surface area contributed by atoms with Crippen molar-refractivity contribution in [1.82, 2.24) is 4.72 Å². The third-order valence-corrected chi connectivity index (χ3v) is 6.93. The summed E-state index contributed by atoms with van der Waals surface area (Å²) in [5, 5.41) is 3.45. The number of amides is 1. The van der Waals surface area contributed by atoms with Gasteiger partial charge in [-0.05, 0) is 61.4 Å². The van der Waals surface area contributed by atoms with E-state index in [0.717, 1.165) is 17.3 Å². The van der Waals surface area contributed by atoms with Crippen molar-refractivity contribution in [2.24, 2.45) is 5.92 Å². The first-order chi connectivity index (χ1) is 12.8. The van der Waals surface area contributed by atoms with Gasteiger partial charge < -0.3 is 5.32 Å². The second kappa shape index (κ2) is 8.73. The Bertz CT molecular complexity index is 902. The van der Waals surface area contributed by atoms with Crippen molar-refractivity contribution in [2.75, 3.05) is 5.32 Å². The molecular weight excluding hydrogens is 452 g/mol. The van der Waals surface area contributed by atoms with Crippen LogP contribution in [0.15, 0.2) is 57.9 Å². The first-order valence-corrected chi connectivity index (χ1v) is 11.3. The van der Waals surface area contributed by atoms with E-state index in [9.17, 15) is 13.2 Å². The summed E-state index contributed by atoms with van der Waals surface area (Å²) in [5.74, 6) is -0.597. The van der Waals surface area contributed by atoms with Crippen LogP contribution >= 0.6 is 27.5 Å². The summed E-state index contributed by atoms with van der Waals surface area (Å²) in [7, 11) is -3.69. The van der Waals surface area contributed by atoms with Crippen LogP contribution in [0.3, 0.4) is 0 Å². The van der Waals surface area contributed by atoms with Gasteiger partial charge in [0.2, 0.25) is 15.9 Å². The summed E-state index contributed by atoms with van der Waals surface area (Å²) in [6.45, 7) is 0. The highest BCUT2D eigenvalue weighted by molar-refractivity contribution is 9.10. The van der Waals surface area contributed by atoms with Crippen LogP contribution in [-0.4, -0.2) is 20.4 Å². The molecule has 144 valence electrons. The van der Waals surface area contributed by atoms with Crippen molar-refractivity contribution < 1.29 is 13.2 Å². The Morgan fingerprint density at radius 3 is 2.30 bits per heavy atom. The van der Waals surface area contributed by atoms with Gasteiger partial charge >= 0.3 is 0 Å². The summed E-state index contributed by atoms with van der Waals surface area (Å²) in [4.78, 5) is 12.9. The number of hydrogen-bond donors (Lipinski definition) is 2. The first-order valence-electron chi connectivity index (χ1n) is 8.69. The van der Waals surface area contributed by atoms with E-state index in [1.54, 1.807) is 36.4 Å². The minimum atomic E-state index is -3.69. The molecule has 1 aliphatic rings. The predicted octanol–water partition coefficient (Wildman–Crippen LogP) is 4.58. The standard InChI is InChI=1S/C19H20BrClN2O3S/c20-13-5-11-16(12-6-13)27(25,26)23-18-4-2-1-3-17(18)19(24)22-15-9-7-14(21)8-10-15/h5-12,17-18,23H,1-4H2,(H,22,24)/t17-,18-/m1/s1. The zero-order chi connectivity index (χ0) is 19.4. The number of carbonyl (C=O) groups excluding carboxylic acids is 1. The molecule has 3 rings (SSSR count). The van der Waals surface area contributed by atoms with Gasteiger partial charge in [-0.15, -0.1) is 0 Å². The molecule has 2 aromatic carbocycles. The van der Waals surface area contributed by atoms with Crippen LogP contribution in [0, 0.1) is 5.92 Å². The third kappa shape index (κ3) is 5.31. The minimum absolute atomic E-state index is 0.180. The Morgan fingerprint density at radius 1 is 1.00 bits per heavy atom. The van der Waals surface area contributed by atoms with E-state index in [2.05, 4.69) is 26.0 Å². The van der Waals surface area contributed by atoms with Gasteiger partial charge in [-0.25, -0.2) is 13.1 Å². The van der Waals surface area contributed by atoms with E-state index in [1.165, 1.54) is 12.1 Å². The van der Waals surface area contributed by atoms with Crippen molar-refractivity contribution in [3.05, 3.63) is 58.0 Å². The van der Waals surface area contributed by atoms with Crippen molar-refractivity contribution in [3.63, 3.8) is 0 Å². The van der Waals surface area contributed by atoms with E-state index in [0.29, 0.717) is 23.6 Å². The normalized spacial score (nSPS) is 20.2. The van der Waals surface area contributed by atoms with Crippen molar-refractivity contribution in [1.29, 1.82) is 0 Å². The maximum Gasteiger partial charge on any atom is 0.240 e. The van der Waals surface area contributed by atoms with Crippen LogP contribution in [-0.2, 0) is 14.8 Å². The largest absolute Gasteiger partial charge is 0.326 e. The van der Waals surface area contributed by atoms with Gasteiger partial charge in [0.25, 0.3) is 0 Å². The second-order valence-electron chi connectivity index (χ2n) is 6.57. The molecule has 0 spiro atoms. The highest BCUT2D eigenvalue weighted by Gasteiger charge is 2.34. The summed E-state index contributed by atoms with van der Waals surface area (Å²) < 4.78 is 28.9. The summed E-state index contributed by atoms with van der Waals surface area (Å²) in [6.07, 6.45) is 3.06. The van der Waals surface area contributed by atoms with Gasteiger partial charge in [-0.2, -0.15) is 0 Å². The lowest BCUT2D eigenvalue weighted by atomic mass is 9.84. The average Bonchev–Trinajstić information content (AvgIpc) is 2.64. The third-order valence-electron chi connectivity index (χ3n) is 4.64. The molecule has 0 saturated heterocycles. The smallest absolute Gasteiger partial charge is 0.240 e. The Morgan fingerprint density at radius 2 is 1.63 bits per heavy atom. The number of carbonyl (C=O) groups is 1. The van der Waals surface area contributed by atoms with Gasteiger partial charge in [-0.3, -0.25) is 4.79 Å². The molecule has 27 heavy (non-hydrogen) atoms. The Kier molecular flexibility index (Phi) is 6.57. The van der Waals surface area contributed by atoms with Gasteiger partial charge in [0, 0.05) is 21.2 Å². The molecule has 2 atom stereocenters. The Hall–Kier alpha value is -1.41. The molecule has 8 heteroatoms. The van der Waals surface area contributed by atoms with Crippen LogP contribution in [0.1, 0.15) is 25.7 Å². The number of sulfonamides is 1. The maximum atomic E-state index is 12.7. The van der Waals surface area contributed by atoms with Crippen LogP contribution in [0.2, 0.25) is 5.02 Å². The van der Waals surface area contributed by atoms with E-state index < -0.39 is 22.0 Å². The van der Waals surface area contributed by atoms with Gasteiger partial charge in [-0.1, -0.05) is 40.4 Å². The van der Waals surface area contributed by atoms with Crippen LogP contribution < -0.4 is 10.0 Å². The molecule has 5 nitrogen and oxygen atoms in total. The van der Waals surface area contributed by atoms with E-state index in [4.69, 9.17) is 11.6 Å². The fourth-order valence-corrected chi connectivity index (χ4v) is 4.94. The molecule has 2 aromatic rings. The monoisotopic (exact) mass is 470 g/mol. The zero-order valence-electron chi connectivity index (χ0n) is 14.5. The van der Waals surface area contributed by atoms with Crippen LogP contribution in [0.5, 0.6) is 0 Å². The van der Waals surface area contributed by atoms with E-state index in [-0.39, 0.29) is 10.8 Å². The number of benzene rings is 2. The number of rotatable bonds is 5. The zero-order valence-corrected chi connectivity index (χ0v) is 17.6. The topological polar surface area (TPSA) is 75.3 Å². The average molecular weight is 472 g/mol. The predicted molar refractivity (Wildman–Crippen MR) is 110 cm³/mol. The van der Waals surface area contributed by atoms with E-state index >= 15 is 0 Å². The molecule has 1 saturated carbocycles. The maximum absolute atomic E-state index is 12.7. The Balaban J connectivity index is 1.73. The summed E-state index contributed by atoms with van der Waals surface area (Å²) in [5.41, 5.74) is 0.643. The molecule has 0 radical (unpaired) electrons. The highest BCUT2D eigenvalue weighted by Crippen LogP contribution is 2.28.